The van der Waals surface area contributed by atoms with E-state index >= 15 is 0 Å². The standard InChI is InChI=1S/C16H19NO3/c1-11(14-9-13(20-2)7-8-16(14)19)17-10-12-5-3-4-6-15(12)18/h3-9,11,17-19H,10H2,1-2H3. The van der Waals surface area contributed by atoms with Crippen molar-refractivity contribution < 1.29 is 14.9 Å². The van der Waals surface area contributed by atoms with E-state index in [2.05, 4.69) is 5.32 Å². The van der Waals surface area contributed by atoms with Crippen molar-refractivity contribution in [3.63, 3.8) is 0 Å². The van der Waals surface area contributed by atoms with Crippen LogP contribution >= 0.6 is 0 Å². The lowest BCUT2D eigenvalue weighted by Crippen LogP contribution is -2.18. The van der Waals surface area contributed by atoms with E-state index in [0.717, 1.165) is 11.1 Å². The molecule has 0 saturated carbocycles. The summed E-state index contributed by atoms with van der Waals surface area (Å²) in [6.07, 6.45) is 0. The van der Waals surface area contributed by atoms with E-state index in [1.54, 1.807) is 37.4 Å². The molecule has 4 heteroatoms. The Kier molecular flexibility index (Phi) is 4.48. The molecule has 0 amide bonds. The van der Waals surface area contributed by atoms with Crippen LogP contribution < -0.4 is 10.1 Å². The van der Waals surface area contributed by atoms with Crippen molar-refractivity contribution in [1.29, 1.82) is 0 Å². The summed E-state index contributed by atoms with van der Waals surface area (Å²) in [4.78, 5) is 0. The minimum absolute atomic E-state index is 0.0651. The van der Waals surface area contributed by atoms with Gasteiger partial charge in [0.15, 0.2) is 0 Å². The molecule has 1 atom stereocenters. The summed E-state index contributed by atoms with van der Waals surface area (Å²) < 4.78 is 5.16. The van der Waals surface area contributed by atoms with Gasteiger partial charge in [-0.2, -0.15) is 0 Å². The molecule has 0 heterocycles. The van der Waals surface area contributed by atoms with Crippen LogP contribution in [0.3, 0.4) is 0 Å². The number of hydrogen-bond acceptors (Lipinski definition) is 4. The largest absolute Gasteiger partial charge is 0.508 e. The molecule has 0 aliphatic rings. The molecule has 20 heavy (non-hydrogen) atoms. The lowest BCUT2D eigenvalue weighted by molar-refractivity contribution is 0.407. The number of phenolic OH excluding ortho intramolecular Hbond substituents is 2. The molecule has 0 aliphatic heterocycles. The van der Waals surface area contributed by atoms with E-state index in [9.17, 15) is 10.2 Å². The van der Waals surface area contributed by atoms with Crippen molar-refractivity contribution in [2.45, 2.75) is 19.5 Å². The average molecular weight is 273 g/mol. The van der Waals surface area contributed by atoms with Crippen LogP contribution in [0.15, 0.2) is 42.5 Å². The molecule has 1 unspecified atom stereocenters. The van der Waals surface area contributed by atoms with E-state index < -0.39 is 0 Å². The molecule has 0 aromatic heterocycles. The maximum atomic E-state index is 9.91. The molecule has 0 spiro atoms. The number of para-hydroxylation sites is 1. The smallest absolute Gasteiger partial charge is 0.120 e. The number of methoxy groups -OCH3 is 1. The fourth-order valence-corrected chi connectivity index (χ4v) is 2.04. The van der Waals surface area contributed by atoms with Crippen LogP contribution in [0.4, 0.5) is 0 Å². The number of hydrogen-bond donors (Lipinski definition) is 3. The Bertz CT molecular complexity index is 584. The molecule has 2 aromatic carbocycles. The van der Waals surface area contributed by atoms with Crippen LogP contribution in [0.1, 0.15) is 24.1 Å². The van der Waals surface area contributed by atoms with Gasteiger partial charge in [0.05, 0.1) is 7.11 Å². The average Bonchev–Trinajstić information content (AvgIpc) is 2.46. The second kappa shape index (κ2) is 6.30. The molecule has 2 rings (SSSR count). The molecular formula is C16H19NO3. The predicted molar refractivity (Wildman–Crippen MR) is 78.0 cm³/mol. The Labute approximate surface area is 118 Å². The van der Waals surface area contributed by atoms with Crippen LogP contribution in [0.25, 0.3) is 0 Å². The van der Waals surface area contributed by atoms with Gasteiger partial charge in [-0.05, 0) is 31.2 Å². The molecule has 3 N–H and O–H groups in total. The lowest BCUT2D eigenvalue weighted by Gasteiger charge is -2.17. The normalized spacial score (nSPS) is 12.1. The van der Waals surface area contributed by atoms with Crippen LogP contribution in [0.5, 0.6) is 17.2 Å². The Hall–Kier alpha value is -2.20. The number of ether oxygens (including phenoxy) is 1. The first-order valence-corrected chi connectivity index (χ1v) is 6.49. The second-order valence-corrected chi connectivity index (χ2v) is 4.66. The van der Waals surface area contributed by atoms with Crippen molar-refractivity contribution in [2.24, 2.45) is 0 Å². The van der Waals surface area contributed by atoms with Crippen LogP contribution in [0.2, 0.25) is 0 Å². The fraction of sp³-hybridized carbons (Fsp3) is 0.250. The molecule has 0 aliphatic carbocycles. The highest BCUT2D eigenvalue weighted by Gasteiger charge is 2.12. The van der Waals surface area contributed by atoms with Gasteiger partial charge in [0, 0.05) is 23.7 Å². The molecule has 0 bridgehead atoms. The molecule has 4 nitrogen and oxygen atoms in total. The third-order valence-electron chi connectivity index (χ3n) is 3.29. The number of rotatable bonds is 5. The van der Waals surface area contributed by atoms with E-state index in [-0.39, 0.29) is 17.5 Å². The first-order valence-electron chi connectivity index (χ1n) is 6.49. The Balaban J connectivity index is 2.09. The summed E-state index contributed by atoms with van der Waals surface area (Å²) in [6.45, 7) is 2.47. The first kappa shape index (κ1) is 14.2. The van der Waals surface area contributed by atoms with Gasteiger partial charge in [0.2, 0.25) is 0 Å². The maximum Gasteiger partial charge on any atom is 0.120 e. The van der Waals surface area contributed by atoms with Crippen molar-refractivity contribution in [2.75, 3.05) is 7.11 Å². The minimum atomic E-state index is -0.0651. The van der Waals surface area contributed by atoms with E-state index in [1.165, 1.54) is 0 Å². The van der Waals surface area contributed by atoms with Gasteiger partial charge in [-0.15, -0.1) is 0 Å². The van der Waals surface area contributed by atoms with Gasteiger partial charge in [0.1, 0.15) is 17.2 Å². The Morgan fingerprint density at radius 2 is 1.85 bits per heavy atom. The highest BCUT2D eigenvalue weighted by Crippen LogP contribution is 2.28. The lowest BCUT2D eigenvalue weighted by atomic mass is 10.1. The predicted octanol–water partition coefficient (Wildman–Crippen LogP) is 2.96. The summed E-state index contributed by atoms with van der Waals surface area (Å²) in [5, 5.41) is 22.9. The minimum Gasteiger partial charge on any atom is -0.508 e. The van der Waals surface area contributed by atoms with Gasteiger partial charge in [-0.3, -0.25) is 0 Å². The molecule has 106 valence electrons. The van der Waals surface area contributed by atoms with E-state index in [0.29, 0.717) is 12.3 Å². The fourth-order valence-electron chi connectivity index (χ4n) is 2.04. The third kappa shape index (κ3) is 3.22. The topological polar surface area (TPSA) is 61.7 Å². The third-order valence-corrected chi connectivity index (χ3v) is 3.29. The zero-order valence-electron chi connectivity index (χ0n) is 11.6. The molecule has 0 saturated heterocycles. The quantitative estimate of drug-likeness (QED) is 0.784. The monoisotopic (exact) mass is 273 g/mol. The number of benzene rings is 2. The first-order chi connectivity index (χ1) is 9.61. The van der Waals surface area contributed by atoms with Crippen molar-refractivity contribution in [3.8, 4) is 17.2 Å². The highest BCUT2D eigenvalue weighted by atomic mass is 16.5. The molecule has 0 fully saturated rings. The van der Waals surface area contributed by atoms with Crippen molar-refractivity contribution >= 4 is 0 Å². The van der Waals surface area contributed by atoms with Crippen LogP contribution in [-0.2, 0) is 6.54 Å². The summed E-state index contributed by atoms with van der Waals surface area (Å²) >= 11 is 0. The van der Waals surface area contributed by atoms with Crippen molar-refractivity contribution in [1.82, 2.24) is 5.32 Å². The Morgan fingerprint density at radius 3 is 2.55 bits per heavy atom. The van der Waals surface area contributed by atoms with E-state index in [1.807, 2.05) is 19.1 Å². The summed E-state index contributed by atoms with van der Waals surface area (Å²) in [6, 6.07) is 12.3. The number of nitrogens with one attached hydrogen (secondary N) is 1. The summed E-state index contributed by atoms with van der Waals surface area (Å²) in [7, 11) is 1.59. The van der Waals surface area contributed by atoms with Gasteiger partial charge < -0.3 is 20.3 Å². The SMILES string of the molecule is COc1ccc(O)c(C(C)NCc2ccccc2O)c1. The van der Waals surface area contributed by atoms with E-state index in [4.69, 9.17) is 4.74 Å². The molecule has 0 radical (unpaired) electrons. The zero-order chi connectivity index (χ0) is 14.5. The summed E-state index contributed by atoms with van der Waals surface area (Å²) in [5.41, 5.74) is 1.58. The van der Waals surface area contributed by atoms with Crippen LogP contribution in [-0.4, -0.2) is 17.3 Å². The number of aromatic hydroxyl groups is 2. The second-order valence-electron chi connectivity index (χ2n) is 4.66. The molecule has 2 aromatic rings. The van der Waals surface area contributed by atoms with Crippen molar-refractivity contribution in [3.05, 3.63) is 53.6 Å². The summed E-state index contributed by atoms with van der Waals surface area (Å²) in [5.74, 6) is 1.19. The maximum absolute atomic E-state index is 9.91. The van der Waals surface area contributed by atoms with Gasteiger partial charge in [0.25, 0.3) is 0 Å². The number of phenols is 2. The Morgan fingerprint density at radius 1 is 1.10 bits per heavy atom. The van der Waals surface area contributed by atoms with Crippen LogP contribution in [0, 0.1) is 0 Å². The molecular weight excluding hydrogens is 254 g/mol. The zero-order valence-corrected chi connectivity index (χ0v) is 11.6. The van der Waals surface area contributed by atoms with Gasteiger partial charge in [-0.1, -0.05) is 18.2 Å². The van der Waals surface area contributed by atoms with Gasteiger partial charge in [-0.25, -0.2) is 0 Å². The van der Waals surface area contributed by atoms with Gasteiger partial charge >= 0.3 is 0 Å². The highest BCUT2D eigenvalue weighted by molar-refractivity contribution is 5.41.